The number of methoxy groups -OCH3 is 1. The smallest absolute Gasteiger partial charge is 0.300 e. The zero-order valence-corrected chi connectivity index (χ0v) is 23.0. The number of aryl methyl sites for hydroxylation is 1. The van der Waals surface area contributed by atoms with E-state index in [1.165, 1.54) is 18.1 Å². The van der Waals surface area contributed by atoms with Gasteiger partial charge >= 0.3 is 0 Å². The Balaban J connectivity index is 1.97. The number of anilines is 1. The highest BCUT2D eigenvalue weighted by molar-refractivity contribution is 6.51. The van der Waals surface area contributed by atoms with Gasteiger partial charge in [0.1, 0.15) is 5.76 Å². The molecule has 3 aromatic rings. The first kappa shape index (κ1) is 27.0. The Bertz CT molecular complexity index is 1430. The molecule has 1 saturated heterocycles. The van der Waals surface area contributed by atoms with Gasteiger partial charge < -0.3 is 14.9 Å². The average Bonchev–Trinajstić information content (AvgIpc) is 3.13. The molecule has 2 N–H and O–H groups in total. The van der Waals surface area contributed by atoms with Crippen LogP contribution in [0.15, 0.2) is 66.2 Å². The number of phenols is 1. The molecule has 0 spiro atoms. The fraction of sp³-hybridized carbons (Fsp3) is 0.312. The minimum absolute atomic E-state index is 0.0262. The number of Topliss-reactive ketones (excluding diaryl/α,β-unsaturated/α-hetero) is 1. The fourth-order valence-electron chi connectivity index (χ4n) is 4.80. The second kappa shape index (κ2) is 10.0. The highest BCUT2D eigenvalue weighted by Gasteiger charge is 2.47. The minimum atomic E-state index is -0.950. The quantitative estimate of drug-likeness (QED) is 0.224. The number of ketones is 1. The summed E-state index contributed by atoms with van der Waals surface area (Å²) in [5.41, 5.74) is 4.14. The lowest BCUT2D eigenvalue weighted by Gasteiger charge is -2.26. The molecule has 38 heavy (non-hydrogen) atoms. The number of rotatable bonds is 5. The van der Waals surface area contributed by atoms with Crippen molar-refractivity contribution in [3.8, 4) is 11.5 Å². The van der Waals surface area contributed by atoms with Crippen LogP contribution in [-0.4, -0.2) is 29.0 Å². The number of benzene rings is 3. The van der Waals surface area contributed by atoms with Crippen LogP contribution in [-0.2, 0) is 15.0 Å². The van der Waals surface area contributed by atoms with Gasteiger partial charge in [-0.3, -0.25) is 14.5 Å². The van der Waals surface area contributed by atoms with Crippen molar-refractivity contribution >= 4 is 23.1 Å². The lowest BCUT2D eigenvalue weighted by molar-refractivity contribution is -0.132. The van der Waals surface area contributed by atoms with E-state index in [9.17, 15) is 19.8 Å². The first-order valence-corrected chi connectivity index (χ1v) is 12.7. The fourth-order valence-corrected chi connectivity index (χ4v) is 4.80. The summed E-state index contributed by atoms with van der Waals surface area (Å²) in [4.78, 5) is 28.5. The third-order valence-electron chi connectivity index (χ3n) is 7.16. The van der Waals surface area contributed by atoms with Gasteiger partial charge in [0.05, 0.1) is 18.7 Å². The van der Waals surface area contributed by atoms with Gasteiger partial charge in [0.15, 0.2) is 11.5 Å². The topological polar surface area (TPSA) is 87.1 Å². The van der Waals surface area contributed by atoms with E-state index in [0.717, 1.165) is 16.7 Å². The second-order valence-electron chi connectivity index (χ2n) is 11.1. The molecule has 1 amide bonds. The summed E-state index contributed by atoms with van der Waals surface area (Å²) in [6.07, 6.45) is 0. The van der Waals surface area contributed by atoms with E-state index in [1.54, 1.807) is 12.1 Å². The third kappa shape index (κ3) is 4.78. The Morgan fingerprint density at radius 3 is 2.18 bits per heavy atom. The van der Waals surface area contributed by atoms with E-state index in [1.807, 2.05) is 49.4 Å². The van der Waals surface area contributed by atoms with Gasteiger partial charge in [0.25, 0.3) is 11.7 Å². The predicted octanol–water partition coefficient (Wildman–Crippen LogP) is 6.76. The number of carbonyl (C=O) groups excluding carboxylic acids is 2. The monoisotopic (exact) mass is 513 g/mol. The third-order valence-corrected chi connectivity index (χ3v) is 7.16. The van der Waals surface area contributed by atoms with Crippen LogP contribution < -0.4 is 9.64 Å². The normalized spacial score (nSPS) is 17.4. The van der Waals surface area contributed by atoms with Crippen LogP contribution in [0.3, 0.4) is 0 Å². The Hall–Kier alpha value is -4.06. The molecule has 1 aliphatic heterocycles. The molecule has 198 valence electrons. The summed E-state index contributed by atoms with van der Waals surface area (Å²) in [5, 5.41) is 22.2. The number of hydrogen-bond donors (Lipinski definition) is 2. The lowest BCUT2D eigenvalue weighted by atomic mass is 9.84. The van der Waals surface area contributed by atoms with E-state index in [0.29, 0.717) is 22.7 Å². The van der Waals surface area contributed by atoms with E-state index in [2.05, 4.69) is 34.6 Å². The maximum absolute atomic E-state index is 13.6. The predicted molar refractivity (Wildman–Crippen MR) is 150 cm³/mol. The Morgan fingerprint density at radius 2 is 1.63 bits per heavy atom. The van der Waals surface area contributed by atoms with Crippen molar-refractivity contribution in [3.05, 3.63) is 94.1 Å². The van der Waals surface area contributed by atoms with Crippen LogP contribution >= 0.6 is 0 Å². The second-order valence-corrected chi connectivity index (χ2v) is 11.1. The van der Waals surface area contributed by atoms with Gasteiger partial charge in [0, 0.05) is 11.3 Å². The molecule has 6 heteroatoms. The van der Waals surface area contributed by atoms with Crippen LogP contribution in [0.4, 0.5) is 5.69 Å². The van der Waals surface area contributed by atoms with Crippen molar-refractivity contribution in [2.24, 2.45) is 0 Å². The zero-order chi connectivity index (χ0) is 27.9. The van der Waals surface area contributed by atoms with Gasteiger partial charge in [-0.15, -0.1) is 0 Å². The maximum atomic E-state index is 13.6. The number of amides is 1. The van der Waals surface area contributed by atoms with Gasteiger partial charge in [-0.05, 0) is 70.8 Å². The number of aliphatic hydroxyl groups is 1. The van der Waals surface area contributed by atoms with E-state index in [-0.39, 0.29) is 28.2 Å². The molecule has 1 aliphatic rings. The Labute approximate surface area is 224 Å². The van der Waals surface area contributed by atoms with Crippen LogP contribution in [0, 0.1) is 6.92 Å². The molecular formula is C32H35NO5. The molecule has 1 fully saturated rings. The molecule has 0 bridgehead atoms. The molecule has 0 aliphatic carbocycles. The number of phenolic OH excluding ortho intramolecular Hbond substituents is 1. The molecule has 1 unspecified atom stereocenters. The molecule has 1 heterocycles. The molecule has 0 radical (unpaired) electrons. The molecule has 1 atom stereocenters. The largest absolute Gasteiger partial charge is 0.507 e. The van der Waals surface area contributed by atoms with Crippen molar-refractivity contribution in [3.63, 3.8) is 0 Å². The maximum Gasteiger partial charge on any atom is 0.300 e. The molecule has 4 rings (SSSR count). The standard InChI is InChI=1S/C32H35NO5/c1-18(2)20-9-13-23(14-10-20)33-28(21-11-15-26(38-7)25(34)16-21)27(30(36)31(33)37)29(35)24-17-22(32(4,5)6)12-8-19(24)3/h8-18,28,34-35H,1-7H3/b29-27+. The summed E-state index contributed by atoms with van der Waals surface area (Å²) in [7, 11) is 1.45. The summed E-state index contributed by atoms with van der Waals surface area (Å²) >= 11 is 0. The van der Waals surface area contributed by atoms with E-state index in [4.69, 9.17) is 4.74 Å². The lowest BCUT2D eigenvalue weighted by Crippen LogP contribution is -2.29. The Kier molecular flexibility index (Phi) is 7.11. The average molecular weight is 514 g/mol. The number of carbonyl (C=O) groups is 2. The van der Waals surface area contributed by atoms with Gasteiger partial charge in [-0.2, -0.15) is 0 Å². The summed E-state index contributed by atoms with van der Waals surface area (Å²) in [5.74, 6) is -1.33. The zero-order valence-electron chi connectivity index (χ0n) is 23.0. The first-order valence-electron chi connectivity index (χ1n) is 12.7. The van der Waals surface area contributed by atoms with Gasteiger partial charge in [0.2, 0.25) is 0 Å². The van der Waals surface area contributed by atoms with Crippen molar-refractivity contribution in [2.75, 3.05) is 12.0 Å². The van der Waals surface area contributed by atoms with E-state index >= 15 is 0 Å². The number of aliphatic hydroxyl groups excluding tert-OH is 1. The van der Waals surface area contributed by atoms with Crippen molar-refractivity contribution < 1.29 is 24.5 Å². The highest BCUT2D eigenvalue weighted by Crippen LogP contribution is 2.44. The van der Waals surface area contributed by atoms with Gasteiger partial charge in [-0.1, -0.05) is 65.0 Å². The van der Waals surface area contributed by atoms with Crippen molar-refractivity contribution in [1.29, 1.82) is 0 Å². The SMILES string of the molecule is COc1ccc(C2/C(=C(\O)c3cc(C(C)(C)C)ccc3C)C(=O)C(=O)N2c2ccc(C(C)C)cc2)cc1O. The number of hydrogen-bond acceptors (Lipinski definition) is 5. The van der Waals surface area contributed by atoms with Crippen molar-refractivity contribution in [2.45, 2.75) is 58.9 Å². The molecular weight excluding hydrogens is 478 g/mol. The summed E-state index contributed by atoms with van der Waals surface area (Å²) in [6.45, 7) is 12.2. The van der Waals surface area contributed by atoms with Crippen LogP contribution in [0.25, 0.3) is 5.76 Å². The van der Waals surface area contributed by atoms with Crippen LogP contribution in [0.5, 0.6) is 11.5 Å². The molecule has 6 nitrogen and oxygen atoms in total. The van der Waals surface area contributed by atoms with Gasteiger partial charge in [-0.25, -0.2) is 0 Å². The molecule has 0 saturated carbocycles. The minimum Gasteiger partial charge on any atom is -0.507 e. The number of aromatic hydroxyl groups is 1. The highest BCUT2D eigenvalue weighted by atomic mass is 16.5. The van der Waals surface area contributed by atoms with Crippen LogP contribution in [0.1, 0.15) is 74.4 Å². The van der Waals surface area contributed by atoms with Crippen LogP contribution in [0.2, 0.25) is 0 Å². The first-order chi connectivity index (χ1) is 17.8. The number of nitrogens with zero attached hydrogens (tertiary/aromatic N) is 1. The molecule has 3 aromatic carbocycles. The summed E-state index contributed by atoms with van der Waals surface area (Å²) < 4.78 is 5.20. The Morgan fingerprint density at radius 1 is 0.974 bits per heavy atom. The molecule has 0 aromatic heterocycles. The van der Waals surface area contributed by atoms with E-state index < -0.39 is 17.7 Å². The summed E-state index contributed by atoms with van der Waals surface area (Å²) in [6, 6.07) is 17.0. The van der Waals surface area contributed by atoms with Crippen molar-refractivity contribution in [1.82, 2.24) is 0 Å². The number of ether oxygens (including phenoxy) is 1.